The predicted molar refractivity (Wildman–Crippen MR) is 68.2 cm³/mol. The number of hydrogen-bond donors (Lipinski definition) is 0. The SMILES string of the molecule is CCc1cc(CN(C)C(=O)Br)ccc1OC. The highest BCUT2D eigenvalue weighted by molar-refractivity contribution is 9.18. The highest BCUT2D eigenvalue weighted by atomic mass is 79.9. The Hall–Kier alpha value is -1.03. The molecule has 1 rings (SSSR count). The molecule has 0 unspecified atom stereocenters. The number of hydrogen-bond acceptors (Lipinski definition) is 2. The van der Waals surface area contributed by atoms with E-state index in [-0.39, 0.29) is 4.82 Å². The van der Waals surface area contributed by atoms with E-state index in [1.54, 1.807) is 19.1 Å². The Bertz CT molecular complexity index is 379. The standard InChI is InChI=1S/C12H16BrNO2/c1-4-10-7-9(5-6-11(10)16-3)8-14(2)12(13)15/h5-7H,4,8H2,1-3H3. The maximum Gasteiger partial charge on any atom is 0.289 e. The molecule has 1 amide bonds. The molecule has 0 saturated heterocycles. The molecule has 0 aromatic heterocycles. The van der Waals surface area contributed by atoms with Crippen molar-refractivity contribution in [1.29, 1.82) is 0 Å². The molecule has 0 aliphatic carbocycles. The van der Waals surface area contributed by atoms with E-state index in [1.165, 1.54) is 0 Å². The molecule has 0 aliphatic heterocycles. The van der Waals surface area contributed by atoms with Gasteiger partial charge in [0.2, 0.25) is 0 Å². The third-order valence-corrected chi connectivity index (χ3v) is 3.05. The lowest BCUT2D eigenvalue weighted by molar-refractivity contribution is 0.233. The van der Waals surface area contributed by atoms with E-state index in [4.69, 9.17) is 4.74 Å². The number of methoxy groups -OCH3 is 1. The molecule has 16 heavy (non-hydrogen) atoms. The number of rotatable bonds is 4. The van der Waals surface area contributed by atoms with Crippen molar-refractivity contribution in [3.8, 4) is 5.75 Å². The van der Waals surface area contributed by atoms with Gasteiger partial charge in [0.25, 0.3) is 4.82 Å². The van der Waals surface area contributed by atoms with Crippen LogP contribution in [0.15, 0.2) is 18.2 Å². The molecule has 3 nitrogen and oxygen atoms in total. The summed E-state index contributed by atoms with van der Waals surface area (Å²) in [5, 5.41) is 0. The number of carbonyl (C=O) groups excluding carboxylic acids is 1. The highest BCUT2D eigenvalue weighted by Gasteiger charge is 2.07. The topological polar surface area (TPSA) is 29.5 Å². The molecule has 0 saturated carbocycles. The zero-order chi connectivity index (χ0) is 12.1. The molecule has 0 heterocycles. The summed E-state index contributed by atoms with van der Waals surface area (Å²) in [4.78, 5) is 12.5. The van der Waals surface area contributed by atoms with Gasteiger partial charge in [-0.25, -0.2) is 0 Å². The van der Waals surface area contributed by atoms with Crippen molar-refractivity contribution >= 4 is 20.7 Å². The van der Waals surface area contributed by atoms with Crippen LogP contribution in [0.2, 0.25) is 0 Å². The number of amides is 1. The smallest absolute Gasteiger partial charge is 0.289 e. The molecule has 0 N–H and O–H groups in total. The molecule has 0 bridgehead atoms. The maximum absolute atomic E-state index is 11.0. The van der Waals surface area contributed by atoms with Gasteiger partial charge in [0.15, 0.2) is 0 Å². The van der Waals surface area contributed by atoms with Gasteiger partial charge < -0.3 is 9.64 Å². The molecular formula is C12H16BrNO2. The Morgan fingerprint density at radius 2 is 2.19 bits per heavy atom. The van der Waals surface area contributed by atoms with Crippen LogP contribution in [0.1, 0.15) is 18.1 Å². The van der Waals surface area contributed by atoms with Crippen molar-refractivity contribution in [2.75, 3.05) is 14.2 Å². The Kier molecular flexibility index (Phi) is 4.80. The van der Waals surface area contributed by atoms with E-state index in [9.17, 15) is 4.79 Å². The molecule has 0 radical (unpaired) electrons. The molecule has 0 atom stereocenters. The molecule has 0 fully saturated rings. The average Bonchev–Trinajstić information content (AvgIpc) is 2.28. The third-order valence-electron chi connectivity index (χ3n) is 2.45. The van der Waals surface area contributed by atoms with Gasteiger partial charge in [-0.05, 0) is 23.6 Å². The first-order chi connectivity index (χ1) is 7.58. The van der Waals surface area contributed by atoms with E-state index in [0.717, 1.165) is 23.3 Å². The van der Waals surface area contributed by atoms with Crippen molar-refractivity contribution in [1.82, 2.24) is 4.90 Å². The largest absolute Gasteiger partial charge is 0.496 e. The van der Waals surface area contributed by atoms with Gasteiger partial charge in [-0.2, -0.15) is 0 Å². The van der Waals surface area contributed by atoms with Crippen LogP contribution in [0.25, 0.3) is 0 Å². The van der Waals surface area contributed by atoms with Gasteiger partial charge in [0.05, 0.1) is 7.11 Å². The Balaban J connectivity index is 2.86. The minimum Gasteiger partial charge on any atom is -0.496 e. The summed E-state index contributed by atoms with van der Waals surface area (Å²) in [7, 11) is 3.43. The summed E-state index contributed by atoms with van der Waals surface area (Å²) < 4.78 is 5.25. The second-order valence-corrected chi connectivity index (χ2v) is 4.29. The number of ether oxygens (including phenoxy) is 1. The summed E-state index contributed by atoms with van der Waals surface area (Å²) in [6, 6.07) is 6.00. The highest BCUT2D eigenvalue weighted by Crippen LogP contribution is 2.21. The van der Waals surface area contributed by atoms with Crippen molar-refractivity contribution < 1.29 is 9.53 Å². The fourth-order valence-corrected chi connectivity index (χ4v) is 1.67. The first-order valence-electron chi connectivity index (χ1n) is 5.14. The quantitative estimate of drug-likeness (QED) is 0.628. The predicted octanol–water partition coefficient (Wildman–Crippen LogP) is 3.20. The van der Waals surface area contributed by atoms with E-state index >= 15 is 0 Å². The lowest BCUT2D eigenvalue weighted by Crippen LogP contribution is -2.19. The minimum absolute atomic E-state index is 0.110. The van der Waals surface area contributed by atoms with Gasteiger partial charge in [0.1, 0.15) is 5.75 Å². The van der Waals surface area contributed by atoms with Crippen molar-refractivity contribution in [2.24, 2.45) is 0 Å². The molecule has 0 aliphatic rings. The van der Waals surface area contributed by atoms with Gasteiger partial charge in [-0.1, -0.05) is 19.1 Å². The lowest BCUT2D eigenvalue weighted by Gasteiger charge is -2.15. The van der Waals surface area contributed by atoms with Gasteiger partial charge in [-0.15, -0.1) is 0 Å². The fraction of sp³-hybridized carbons (Fsp3) is 0.417. The zero-order valence-electron chi connectivity index (χ0n) is 9.79. The molecule has 88 valence electrons. The van der Waals surface area contributed by atoms with Crippen molar-refractivity contribution in [3.63, 3.8) is 0 Å². The van der Waals surface area contributed by atoms with Crippen LogP contribution in [-0.4, -0.2) is 23.9 Å². The Morgan fingerprint density at radius 3 is 2.69 bits per heavy atom. The third kappa shape index (κ3) is 3.23. The summed E-state index contributed by atoms with van der Waals surface area (Å²) >= 11 is 2.92. The van der Waals surface area contributed by atoms with Gasteiger partial charge in [-0.3, -0.25) is 4.79 Å². The molecular weight excluding hydrogens is 270 g/mol. The van der Waals surface area contributed by atoms with Crippen LogP contribution in [0, 0.1) is 0 Å². The van der Waals surface area contributed by atoms with Crippen LogP contribution < -0.4 is 4.74 Å². The van der Waals surface area contributed by atoms with Crippen LogP contribution in [0.5, 0.6) is 5.75 Å². The lowest BCUT2D eigenvalue weighted by atomic mass is 10.1. The second kappa shape index (κ2) is 5.89. The number of benzene rings is 1. The maximum atomic E-state index is 11.0. The van der Waals surface area contributed by atoms with Crippen LogP contribution in [0.4, 0.5) is 4.79 Å². The average molecular weight is 286 g/mol. The Morgan fingerprint density at radius 1 is 1.50 bits per heavy atom. The van der Waals surface area contributed by atoms with E-state index in [2.05, 4.69) is 28.9 Å². The molecule has 0 spiro atoms. The number of aryl methyl sites for hydroxylation is 1. The number of carbonyl (C=O) groups is 1. The number of nitrogens with zero attached hydrogens (tertiary/aromatic N) is 1. The van der Waals surface area contributed by atoms with E-state index < -0.39 is 0 Å². The first-order valence-corrected chi connectivity index (χ1v) is 5.94. The van der Waals surface area contributed by atoms with E-state index in [0.29, 0.717) is 6.54 Å². The van der Waals surface area contributed by atoms with Crippen LogP contribution in [0.3, 0.4) is 0 Å². The molecule has 1 aromatic carbocycles. The van der Waals surface area contributed by atoms with Crippen LogP contribution >= 0.6 is 15.9 Å². The monoisotopic (exact) mass is 285 g/mol. The van der Waals surface area contributed by atoms with Crippen molar-refractivity contribution in [2.45, 2.75) is 19.9 Å². The van der Waals surface area contributed by atoms with Gasteiger partial charge in [0, 0.05) is 29.5 Å². The summed E-state index contributed by atoms with van der Waals surface area (Å²) in [6.45, 7) is 2.68. The Labute approximate surface area is 105 Å². The summed E-state index contributed by atoms with van der Waals surface area (Å²) in [5.74, 6) is 0.902. The summed E-state index contributed by atoms with van der Waals surface area (Å²) in [5.41, 5.74) is 2.27. The van der Waals surface area contributed by atoms with Crippen molar-refractivity contribution in [3.05, 3.63) is 29.3 Å². The normalized spacial score (nSPS) is 10.0. The summed E-state index contributed by atoms with van der Waals surface area (Å²) in [6.07, 6.45) is 0.920. The second-order valence-electron chi connectivity index (χ2n) is 3.61. The minimum atomic E-state index is -0.110. The number of halogens is 1. The first kappa shape index (κ1) is 13.0. The van der Waals surface area contributed by atoms with Gasteiger partial charge >= 0.3 is 0 Å². The molecule has 1 aromatic rings. The zero-order valence-corrected chi connectivity index (χ0v) is 11.4. The van der Waals surface area contributed by atoms with E-state index in [1.807, 2.05) is 12.1 Å². The van der Waals surface area contributed by atoms with Crippen LogP contribution in [-0.2, 0) is 13.0 Å². The fourth-order valence-electron chi connectivity index (χ4n) is 1.54. The molecule has 4 heteroatoms.